The minimum absolute atomic E-state index is 0.784. The minimum atomic E-state index is 0.784. The van der Waals surface area contributed by atoms with E-state index in [1.165, 1.54) is 5.69 Å². The van der Waals surface area contributed by atoms with Gasteiger partial charge >= 0.3 is 0 Å². The summed E-state index contributed by atoms with van der Waals surface area (Å²) < 4.78 is 0.803. The molecule has 0 saturated carbocycles. The van der Waals surface area contributed by atoms with Crippen LogP contribution in [0.5, 0.6) is 0 Å². The molecule has 0 aliphatic heterocycles. The molecule has 0 spiro atoms. The Morgan fingerprint density at radius 2 is 1.55 bits per heavy atom. The molecule has 3 N–H and O–H groups in total. The van der Waals surface area contributed by atoms with Gasteiger partial charge in [-0.3, -0.25) is 4.48 Å². The minimum Gasteiger partial charge on any atom is -0.396 e. The molecule has 4 heteroatoms. The predicted octanol–water partition coefficient (Wildman–Crippen LogP) is 3.24. The van der Waals surface area contributed by atoms with Gasteiger partial charge in [-0.1, -0.05) is 6.07 Å². The highest BCUT2D eigenvalue weighted by atomic mass is 15.3. The van der Waals surface area contributed by atoms with E-state index in [9.17, 15) is 0 Å². The number of rotatable bonds is 4. The van der Waals surface area contributed by atoms with E-state index in [1.54, 1.807) is 0 Å². The van der Waals surface area contributed by atoms with Gasteiger partial charge in [-0.25, -0.2) is 0 Å². The highest BCUT2D eigenvalue weighted by Gasteiger charge is 2.15. The topological polar surface area (TPSA) is 41.3 Å². The second-order valence-corrected chi connectivity index (χ2v) is 6.62. The summed E-state index contributed by atoms with van der Waals surface area (Å²) in [5.41, 5.74) is 12.7. The number of hydrogen-bond donors (Lipinski definition) is 2. The van der Waals surface area contributed by atoms with Crippen LogP contribution in [-0.4, -0.2) is 42.3 Å². The van der Waals surface area contributed by atoms with Crippen molar-refractivity contribution in [2.45, 2.75) is 0 Å². The van der Waals surface area contributed by atoms with Crippen LogP contribution in [0.3, 0.4) is 0 Å². The van der Waals surface area contributed by atoms with E-state index in [0.29, 0.717) is 0 Å². The molecule has 0 fully saturated rings. The van der Waals surface area contributed by atoms with Gasteiger partial charge in [-0.15, -0.1) is 0 Å². The molecule has 4 nitrogen and oxygen atoms in total. The summed E-state index contributed by atoms with van der Waals surface area (Å²) in [4.78, 5) is 2.06. The molecule has 2 rings (SSSR count). The van der Waals surface area contributed by atoms with Gasteiger partial charge in [0.2, 0.25) is 0 Å². The molecule has 0 amide bonds. The quantitative estimate of drug-likeness (QED) is 0.672. The second-order valence-electron chi connectivity index (χ2n) is 6.62. The van der Waals surface area contributed by atoms with Gasteiger partial charge in [0.05, 0.1) is 38.2 Å². The monoisotopic (exact) mass is 299 g/mol. The fraction of sp³-hybridized carbons (Fsp3) is 0.333. The van der Waals surface area contributed by atoms with E-state index < -0.39 is 0 Å². The Balaban J connectivity index is 2.49. The number of nitrogens with one attached hydrogen (secondary N) is 1. The fourth-order valence-corrected chi connectivity index (χ4v) is 2.58. The Morgan fingerprint density at radius 3 is 2.00 bits per heavy atom. The number of hydrogen-bond acceptors (Lipinski definition) is 3. The highest BCUT2D eigenvalue weighted by molar-refractivity contribution is 5.92. The van der Waals surface area contributed by atoms with Gasteiger partial charge < -0.3 is 16.0 Å². The summed E-state index contributed by atoms with van der Waals surface area (Å²) in [5, 5.41) is 3.22. The first kappa shape index (κ1) is 16.2. The van der Waals surface area contributed by atoms with E-state index in [1.807, 2.05) is 21.1 Å². The zero-order valence-corrected chi connectivity index (χ0v) is 14.4. The molecule has 22 heavy (non-hydrogen) atoms. The number of anilines is 3. The van der Waals surface area contributed by atoms with Crippen LogP contribution in [0.25, 0.3) is 11.1 Å². The summed E-state index contributed by atoms with van der Waals surface area (Å²) in [6.07, 6.45) is 0. The lowest BCUT2D eigenvalue weighted by atomic mass is 10.0. The summed E-state index contributed by atoms with van der Waals surface area (Å²) in [6, 6.07) is 12.8. The van der Waals surface area contributed by atoms with Crippen molar-refractivity contribution < 1.29 is 0 Å². The molecule has 0 aliphatic rings. The van der Waals surface area contributed by atoms with Crippen LogP contribution in [-0.2, 0) is 0 Å². The van der Waals surface area contributed by atoms with Crippen molar-refractivity contribution in [3.63, 3.8) is 0 Å². The van der Waals surface area contributed by atoms with Crippen LogP contribution in [0, 0.1) is 0 Å². The lowest BCUT2D eigenvalue weighted by Crippen LogP contribution is -2.34. The lowest BCUT2D eigenvalue weighted by molar-refractivity contribution is 0.486. The van der Waals surface area contributed by atoms with Crippen LogP contribution in [0.1, 0.15) is 0 Å². The van der Waals surface area contributed by atoms with Crippen molar-refractivity contribution >= 4 is 22.7 Å². The number of benzene rings is 2. The Kier molecular flexibility index (Phi) is 4.33. The molecular weight excluding hydrogens is 272 g/mol. The van der Waals surface area contributed by atoms with Crippen LogP contribution in [0.2, 0.25) is 0 Å². The number of nitrogens with zero attached hydrogens (tertiary/aromatic N) is 2. The van der Waals surface area contributed by atoms with Crippen molar-refractivity contribution in [2.24, 2.45) is 0 Å². The van der Waals surface area contributed by atoms with Crippen molar-refractivity contribution in [2.75, 3.05) is 58.2 Å². The molecule has 0 atom stereocenters. The van der Waals surface area contributed by atoms with Crippen LogP contribution in [0.15, 0.2) is 36.4 Å². The third-order valence-electron chi connectivity index (χ3n) is 3.91. The molecule has 0 heterocycles. The van der Waals surface area contributed by atoms with Crippen LogP contribution >= 0.6 is 0 Å². The molecule has 118 valence electrons. The number of quaternary nitrogens is 1. The highest BCUT2D eigenvalue weighted by Crippen LogP contribution is 2.38. The third-order valence-corrected chi connectivity index (χ3v) is 3.91. The Bertz CT molecular complexity index is 652. The van der Waals surface area contributed by atoms with Gasteiger partial charge in [-0.05, 0) is 35.9 Å². The maximum atomic E-state index is 6.40. The number of nitrogen functional groups attached to an aromatic ring is 1. The SMILES string of the molecule is CNc1c(N(C)C)ccc(-c2ccc([N+](C)(C)C)cc2)c1N. The summed E-state index contributed by atoms with van der Waals surface area (Å²) in [6.45, 7) is 0. The smallest absolute Gasteiger partial charge is 0.132 e. The lowest BCUT2D eigenvalue weighted by Gasteiger charge is -2.24. The van der Waals surface area contributed by atoms with Gasteiger partial charge in [0.25, 0.3) is 0 Å². The second kappa shape index (κ2) is 5.89. The molecule has 0 aromatic heterocycles. The normalized spacial score (nSPS) is 11.4. The average molecular weight is 299 g/mol. The molecule has 0 radical (unpaired) electrons. The first-order chi connectivity index (χ1) is 10.3. The van der Waals surface area contributed by atoms with Gasteiger partial charge in [-0.2, -0.15) is 0 Å². The third kappa shape index (κ3) is 3.02. The number of nitrogens with two attached hydrogens (primary N) is 1. The maximum absolute atomic E-state index is 6.40. The molecule has 2 aromatic carbocycles. The molecule has 0 saturated heterocycles. The van der Waals surface area contributed by atoms with Gasteiger partial charge in [0, 0.05) is 26.7 Å². The van der Waals surface area contributed by atoms with Crippen molar-refractivity contribution in [1.82, 2.24) is 4.48 Å². The summed E-state index contributed by atoms with van der Waals surface area (Å²) >= 11 is 0. The molecule has 0 unspecified atom stereocenters. The summed E-state index contributed by atoms with van der Waals surface area (Å²) in [5.74, 6) is 0. The predicted molar refractivity (Wildman–Crippen MR) is 99.7 cm³/mol. The van der Waals surface area contributed by atoms with Crippen LogP contribution < -0.4 is 20.4 Å². The van der Waals surface area contributed by atoms with Crippen molar-refractivity contribution in [3.05, 3.63) is 36.4 Å². The Morgan fingerprint density at radius 1 is 0.955 bits per heavy atom. The van der Waals surface area contributed by atoms with E-state index in [4.69, 9.17) is 5.73 Å². The zero-order valence-electron chi connectivity index (χ0n) is 14.4. The van der Waals surface area contributed by atoms with E-state index in [0.717, 1.165) is 32.7 Å². The van der Waals surface area contributed by atoms with E-state index in [-0.39, 0.29) is 0 Å². The zero-order chi connectivity index (χ0) is 16.5. The van der Waals surface area contributed by atoms with E-state index >= 15 is 0 Å². The molecule has 2 aromatic rings. The van der Waals surface area contributed by atoms with Crippen molar-refractivity contribution in [3.8, 4) is 11.1 Å². The first-order valence-corrected chi connectivity index (χ1v) is 7.45. The molecular formula is C18H27N4+. The maximum Gasteiger partial charge on any atom is 0.132 e. The molecule has 0 bridgehead atoms. The Hall–Kier alpha value is -2.20. The van der Waals surface area contributed by atoms with Gasteiger partial charge in [0.1, 0.15) is 5.69 Å². The average Bonchev–Trinajstić information content (AvgIpc) is 2.46. The van der Waals surface area contributed by atoms with Crippen LogP contribution in [0.4, 0.5) is 22.7 Å². The van der Waals surface area contributed by atoms with E-state index in [2.05, 4.69) is 67.8 Å². The fourth-order valence-electron chi connectivity index (χ4n) is 2.58. The standard InChI is InChI=1S/C18H27N4/c1-20-18-16(21(2)3)12-11-15(17(18)19)13-7-9-14(10-8-13)22(4,5)6/h7-12,20H,19H2,1-6H3/q+1. The van der Waals surface area contributed by atoms with Gasteiger partial charge in [0.15, 0.2) is 0 Å². The van der Waals surface area contributed by atoms with Crippen molar-refractivity contribution in [1.29, 1.82) is 0 Å². The molecule has 0 aliphatic carbocycles. The largest absolute Gasteiger partial charge is 0.396 e. The first-order valence-electron chi connectivity index (χ1n) is 7.45. The Labute approximate surface area is 133 Å². The summed E-state index contributed by atoms with van der Waals surface area (Å²) in [7, 11) is 12.4.